The molecule has 1 aliphatic rings. The second-order valence-electron chi connectivity index (χ2n) is 8.33. The molecule has 0 bridgehead atoms. The highest BCUT2D eigenvalue weighted by molar-refractivity contribution is 7.09. The molecule has 1 aliphatic heterocycles. The molecule has 1 amide bonds. The Morgan fingerprint density at radius 3 is 2.53 bits per heavy atom. The number of thiazole rings is 1. The summed E-state index contributed by atoms with van der Waals surface area (Å²) in [5.41, 5.74) is 1.24. The normalized spacial score (nSPS) is 15.3. The first-order valence-corrected chi connectivity index (χ1v) is 10.9. The van der Waals surface area contributed by atoms with Gasteiger partial charge in [-0.3, -0.25) is 19.8 Å². The van der Waals surface area contributed by atoms with E-state index in [9.17, 15) is 14.9 Å². The number of carbonyl (C=O) groups excluding carboxylic acids is 1. The van der Waals surface area contributed by atoms with Gasteiger partial charge in [-0.15, -0.1) is 11.3 Å². The average Bonchev–Trinajstić information content (AvgIpc) is 3.17. The number of amides is 1. The summed E-state index contributed by atoms with van der Waals surface area (Å²) < 4.78 is 5.29. The maximum Gasteiger partial charge on any atom is 0.311 e. The topological polar surface area (TPSA) is 88.8 Å². The molecular formula is C21H28N4O4S. The van der Waals surface area contributed by atoms with Crippen LogP contribution in [0.1, 0.15) is 48.8 Å². The summed E-state index contributed by atoms with van der Waals surface area (Å²) >= 11 is 1.69. The second kappa shape index (κ2) is 9.09. The zero-order chi connectivity index (χ0) is 21.9. The van der Waals surface area contributed by atoms with Gasteiger partial charge in [0.25, 0.3) is 5.91 Å². The fourth-order valence-electron chi connectivity index (χ4n) is 3.32. The number of hydrogen-bond donors (Lipinski definition) is 0. The lowest BCUT2D eigenvalue weighted by atomic mass is 9.98. The predicted molar refractivity (Wildman–Crippen MR) is 116 cm³/mol. The summed E-state index contributed by atoms with van der Waals surface area (Å²) in [6, 6.07) is 4.40. The Hall–Kier alpha value is -2.52. The van der Waals surface area contributed by atoms with Crippen molar-refractivity contribution in [2.24, 2.45) is 0 Å². The van der Waals surface area contributed by atoms with Gasteiger partial charge in [0.2, 0.25) is 0 Å². The van der Waals surface area contributed by atoms with Crippen molar-refractivity contribution in [2.75, 3.05) is 32.8 Å². The predicted octanol–water partition coefficient (Wildman–Crippen LogP) is 3.71. The molecule has 0 atom stereocenters. The minimum atomic E-state index is -0.514. The van der Waals surface area contributed by atoms with Crippen LogP contribution < -0.4 is 4.74 Å². The maximum absolute atomic E-state index is 12.9. The lowest BCUT2D eigenvalue weighted by Gasteiger charge is -2.34. The number of hydrogen-bond acceptors (Lipinski definition) is 7. The van der Waals surface area contributed by atoms with Gasteiger partial charge in [0, 0.05) is 55.1 Å². The largest absolute Gasteiger partial charge is 0.487 e. The molecule has 30 heavy (non-hydrogen) atoms. The molecule has 0 unspecified atom stereocenters. The van der Waals surface area contributed by atoms with E-state index in [0.29, 0.717) is 25.3 Å². The van der Waals surface area contributed by atoms with Crippen LogP contribution in [0, 0.1) is 10.1 Å². The summed E-state index contributed by atoms with van der Waals surface area (Å²) in [6.07, 6.45) is 0. The molecule has 162 valence electrons. The number of nitro benzene ring substituents is 1. The highest BCUT2D eigenvalue weighted by Crippen LogP contribution is 2.29. The van der Waals surface area contributed by atoms with E-state index in [1.54, 1.807) is 29.2 Å². The van der Waals surface area contributed by atoms with Crippen molar-refractivity contribution in [3.63, 3.8) is 0 Å². The van der Waals surface area contributed by atoms with Gasteiger partial charge in [0.1, 0.15) is 0 Å². The molecule has 3 rings (SSSR count). The van der Waals surface area contributed by atoms with Gasteiger partial charge in [-0.05, 0) is 19.1 Å². The van der Waals surface area contributed by atoms with E-state index in [2.05, 4.69) is 31.1 Å². The molecule has 0 N–H and O–H groups in total. The zero-order valence-corrected chi connectivity index (χ0v) is 18.7. The number of carbonyl (C=O) groups is 1. The van der Waals surface area contributed by atoms with E-state index in [4.69, 9.17) is 9.72 Å². The molecule has 0 saturated carbocycles. The lowest BCUT2D eigenvalue weighted by molar-refractivity contribution is -0.385. The number of ether oxygens (including phenoxy) is 1. The van der Waals surface area contributed by atoms with Crippen LogP contribution in [0.3, 0.4) is 0 Å². The first kappa shape index (κ1) is 22.2. The number of aromatic nitrogens is 1. The van der Waals surface area contributed by atoms with E-state index in [0.717, 1.165) is 30.3 Å². The minimum absolute atomic E-state index is 0.0500. The third kappa shape index (κ3) is 5.14. The summed E-state index contributed by atoms with van der Waals surface area (Å²) in [5, 5.41) is 14.6. The van der Waals surface area contributed by atoms with Crippen molar-refractivity contribution < 1.29 is 14.5 Å². The van der Waals surface area contributed by atoms with Gasteiger partial charge in [-0.25, -0.2) is 4.98 Å². The SMILES string of the molecule is CCOc1ccc(C(=O)N2CCN(Cc3csc(C(C)(C)C)n3)CC2)cc1[N+](=O)[O-]. The molecule has 1 fully saturated rings. The Morgan fingerprint density at radius 2 is 1.97 bits per heavy atom. The van der Waals surface area contributed by atoms with E-state index in [1.807, 2.05) is 0 Å². The Bertz CT molecular complexity index is 914. The van der Waals surface area contributed by atoms with E-state index in [1.165, 1.54) is 12.1 Å². The number of piperazine rings is 1. The van der Waals surface area contributed by atoms with Gasteiger partial charge < -0.3 is 9.64 Å². The fourth-order valence-corrected chi connectivity index (χ4v) is 4.21. The van der Waals surface area contributed by atoms with E-state index >= 15 is 0 Å². The monoisotopic (exact) mass is 432 g/mol. The number of nitrogens with zero attached hydrogens (tertiary/aromatic N) is 4. The van der Waals surface area contributed by atoms with Crippen LogP contribution in [0.4, 0.5) is 5.69 Å². The van der Waals surface area contributed by atoms with Crippen LogP contribution in [-0.4, -0.2) is 58.4 Å². The molecule has 0 aliphatic carbocycles. The van der Waals surface area contributed by atoms with Crippen LogP contribution in [0.15, 0.2) is 23.6 Å². The van der Waals surface area contributed by atoms with Crippen molar-refractivity contribution in [1.82, 2.24) is 14.8 Å². The summed E-state index contributed by atoms with van der Waals surface area (Å²) in [7, 11) is 0. The van der Waals surface area contributed by atoms with E-state index in [-0.39, 0.29) is 22.8 Å². The van der Waals surface area contributed by atoms with Gasteiger partial charge in [0.05, 0.1) is 22.2 Å². The summed E-state index contributed by atoms with van der Waals surface area (Å²) in [5.74, 6) is -0.00812. The molecule has 0 radical (unpaired) electrons. The molecule has 1 saturated heterocycles. The van der Waals surface area contributed by atoms with Crippen molar-refractivity contribution in [3.05, 3.63) is 50.0 Å². The number of nitro groups is 1. The molecule has 2 heterocycles. The van der Waals surface area contributed by atoms with Gasteiger partial charge in [0.15, 0.2) is 5.75 Å². The number of rotatable bonds is 6. The molecule has 9 heteroatoms. The average molecular weight is 433 g/mol. The van der Waals surface area contributed by atoms with Gasteiger partial charge >= 0.3 is 5.69 Å². The second-order valence-corrected chi connectivity index (χ2v) is 9.19. The van der Waals surface area contributed by atoms with Crippen LogP contribution in [0.25, 0.3) is 0 Å². The fraction of sp³-hybridized carbons (Fsp3) is 0.524. The zero-order valence-electron chi connectivity index (χ0n) is 17.9. The highest BCUT2D eigenvalue weighted by atomic mass is 32.1. The molecular weight excluding hydrogens is 404 g/mol. The molecule has 1 aromatic heterocycles. The molecule has 1 aromatic carbocycles. The van der Waals surface area contributed by atoms with Crippen LogP contribution in [-0.2, 0) is 12.0 Å². The van der Waals surface area contributed by atoms with Crippen molar-refractivity contribution >= 4 is 22.9 Å². The molecule has 8 nitrogen and oxygen atoms in total. The Kier molecular flexibility index (Phi) is 6.72. The minimum Gasteiger partial charge on any atom is -0.487 e. The van der Waals surface area contributed by atoms with Crippen LogP contribution in [0.5, 0.6) is 5.75 Å². The summed E-state index contributed by atoms with van der Waals surface area (Å²) in [4.78, 5) is 32.4. The Labute approximate surface area is 180 Å². The Morgan fingerprint density at radius 1 is 1.27 bits per heavy atom. The Balaban J connectivity index is 1.61. The number of benzene rings is 1. The molecule has 2 aromatic rings. The maximum atomic E-state index is 12.9. The first-order chi connectivity index (χ1) is 14.2. The van der Waals surface area contributed by atoms with Crippen LogP contribution in [0.2, 0.25) is 0 Å². The van der Waals surface area contributed by atoms with Crippen LogP contribution >= 0.6 is 11.3 Å². The van der Waals surface area contributed by atoms with Crippen molar-refractivity contribution in [2.45, 2.75) is 39.7 Å². The lowest BCUT2D eigenvalue weighted by Crippen LogP contribution is -2.48. The standard InChI is InChI=1S/C21H28N4O4S/c1-5-29-18-7-6-15(12-17(18)25(27)28)19(26)24-10-8-23(9-11-24)13-16-14-30-20(22-16)21(2,3)4/h6-7,12,14H,5,8-11,13H2,1-4H3. The van der Waals surface area contributed by atoms with Gasteiger partial charge in [-0.1, -0.05) is 20.8 Å². The van der Waals surface area contributed by atoms with Gasteiger partial charge in [-0.2, -0.15) is 0 Å². The summed E-state index contributed by atoms with van der Waals surface area (Å²) in [6.45, 7) is 12.0. The quantitative estimate of drug-likeness (QED) is 0.511. The third-order valence-corrected chi connectivity index (χ3v) is 6.26. The highest BCUT2D eigenvalue weighted by Gasteiger charge is 2.26. The first-order valence-electron chi connectivity index (χ1n) is 10.1. The van der Waals surface area contributed by atoms with Crippen molar-refractivity contribution in [3.8, 4) is 5.75 Å². The van der Waals surface area contributed by atoms with Crippen molar-refractivity contribution in [1.29, 1.82) is 0 Å². The molecule has 0 spiro atoms. The van der Waals surface area contributed by atoms with E-state index < -0.39 is 4.92 Å². The smallest absolute Gasteiger partial charge is 0.311 e. The third-order valence-electron chi connectivity index (χ3n) is 4.94.